The topological polar surface area (TPSA) is 86.1 Å². The highest BCUT2D eigenvalue weighted by Crippen LogP contribution is 2.41. The van der Waals surface area contributed by atoms with E-state index in [4.69, 9.17) is 13.9 Å². The number of anilines is 1. The summed E-state index contributed by atoms with van der Waals surface area (Å²) in [7, 11) is -3.56. The molecular weight excluding hydrogens is 425 g/mol. The molecule has 0 aliphatic carbocycles. The van der Waals surface area contributed by atoms with E-state index in [1.165, 1.54) is 28.6 Å². The minimum atomic E-state index is -3.56. The van der Waals surface area contributed by atoms with E-state index in [-0.39, 0.29) is 31.1 Å². The van der Waals surface area contributed by atoms with Crippen LogP contribution in [0, 0.1) is 5.82 Å². The third-order valence-electron chi connectivity index (χ3n) is 5.19. The molecule has 2 heterocycles. The monoisotopic (exact) mass is 447 g/mol. The van der Waals surface area contributed by atoms with Crippen LogP contribution < -0.4 is 4.31 Å². The predicted molar refractivity (Wildman–Crippen MR) is 114 cm³/mol. The van der Waals surface area contributed by atoms with Gasteiger partial charge >= 0.3 is 5.97 Å². The molecule has 1 atom stereocenters. The van der Waals surface area contributed by atoms with E-state index in [2.05, 4.69) is 0 Å². The van der Waals surface area contributed by atoms with Gasteiger partial charge in [-0.05, 0) is 44.2 Å². The van der Waals surface area contributed by atoms with Gasteiger partial charge in [0, 0.05) is 22.6 Å². The summed E-state index contributed by atoms with van der Waals surface area (Å²) in [5.74, 6) is -0.769. The molecule has 1 aromatic heterocycles. The number of halogens is 1. The van der Waals surface area contributed by atoms with Crippen molar-refractivity contribution in [1.29, 1.82) is 0 Å². The maximum absolute atomic E-state index is 13.4. The number of sulfonamides is 1. The van der Waals surface area contributed by atoms with E-state index in [0.29, 0.717) is 27.8 Å². The molecule has 0 bridgehead atoms. The van der Waals surface area contributed by atoms with E-state index in [1.807, 2.05) is 6.92 Å². The average molecular weight is 447 g/mol. The Balaban J connectivity index is 2.01. The van der Waals surface area contributed by atoms with Gasteiger partial charge in [0.15, 0.2) is 0 Å². The summed E-state index contributed by atoms with van der Waals surface area (Å²) >= 11 is 0. The third-order valence-corrected chi connectivity index (χ3v) is 6.37. The first kappa shape index (κ1) is 21.3. The Labute approximate surface area is 179 Å². The Bertz CT molecular complexity index is 1250. The minimum Gasteiger partial charge on any atom is -0.462 e. The highest BCUT2D eigenvalue weighted by Gasteiger charge is 2.30. The largest absolute Gasteiger partial charge is 0.462 e. The molecule has 0 saturated heterocycles. The molecule has 1 unspecified atom stereocenters. The maximum Gasteiger partial charge on any atom is 0.342 e. The van der Waals surface area contributed by atoms with Gasteiger partial charge in [0.1, 0.15) is 22.7 Å². The van der Waals surface area contributed by atoms with Crippen LogP contribution in [0.25, 0.3) is 22.3 Å². The van der Waals surface area contributed by atoms with Gasteiger partial charge in [-0.2, -0.15) is 0 Å². The lowest BCUT2D eigenvalue weighted by Crippen LogP contribution is -2.32. The Morgan fingerprint density at radius 3 is 2.61 bits per heavy atom. The summed E-state index contributed by atoms with van der Waals surface area (Å²) in [4.78, 5) is 12.8. The van der Waals surface area contributed by atoms with E-state index in [9.17, 15) is 17.6 Å². The maximum atomic E-state index is 13.4. The molecule has 0 saturated carbocycles. The van der Waals surface area contributed by atoms with Gasteiger partial charge in [-0.15, -0.1) is 0 Å². The number of carbonyl (C=O) groups excluding carboxylic acids is 1. The van der Waals surface area contributed by atoms with Crippen LogP contribution in [-0.4, -0.2) is 40.4 Å². The molecule has 31 heavy (non-hydrogen) atoms. The van der Waals surface area contributed by atoms with Crippen molar-refractivity contribution in [3.8, 4) is 11.3 Å². The molecule has 0 spiro atoms. The van der Waals surface area contributed by atoms with Crippen molar-refractivity contribution in [3.63, 3.8) is 0 Å². The molecule has 3 aromatic rings. The molecule has 1 aliphatic heterocycles. The van der Waals surface area contributed by atoms with Gasteiger partial charge in [0.25, 0.3) is 0 Å². The Morgan fingerprint density at radius 1 is 1.26 bits per heavy atom. The Kier molecular flexibility index (Phi) is 5.49. The molecule has 0 radical (unpaired) electrons. The zero-order valence-corrected chi connectivity index (χ0v) is 18.2. The molecule has 164 valence electrons. The van der Waals surface area contributed by atoms with Gasteiger partial charge in [-0.1, -0.05) is 0 Å². The van der Waals surface area contributed by atoms with Gasteiger partial charge in [0.05, 0.1) is 37.8 Å². The second-order valence-electron chi connectivity index (χ2n) is 7.29. The quantitative estimate of drug-likeness (QED) is 0.555. The first-order valence-corrected chi connectivity index (χ1v) is 11.7. The normalized spacial score (nSPS) is 16.8. The Hall–Kier alpha value is -2.91. The molecule has 2 aromatic carbocycles. The first-order chi connectivity index (χ1) is 14.7. The number of nitrogens with zero attached hydrogens (tertiary/aromatic N) is 1. The second-order valence-corrected chi connectivity index (χ2v) is 9.20. The van der Waals surface area contributed by atoms with Crippen LogP contribution in [0.2, 0.25) is 0 Å². The van der Waals surface area contributed by atoms with Crippen molar-refractivity contribution >= 4 is 32.6 Å². The fourth-order valence-corrected chi connectivity index (χ4v) is 4.69. The number of fused-ring (bicyclic) bond motifs is 2. The van der Waals surface area contributed by atoms with Crippen LogP contribution >= 0.6 is 0 Å². The molecule has 0 fully saturated rings. The van der Waals surface area contributed by atoms with Crippen molar-refractivity contribution < 1.29 is 31.5 Å². The van der Waals surface area contributed by atoms with Crippen LogP contribution in [0.15, 0.2) is 40.8 Å². The first-order valence-electron chi connectivity index (χ1n) is 9.83. The van der Waals surface area contributed by atoms with Crippen molar-refractivity contribution in [2.45, 2.75) is 20.0 Å². The summed E-state index contributed by atoms with van der Waals surface area (Å²) in [5, 5.41) is 0.474. The van der Waals surface area contributed by atoms with E-state index in [1.54, 1.807) is 19.1 Å². The summed E-state index contributed by atoms with van der Waals surface area (Å²) in [6.07, 6.45) is 0.734. The van der Waals surface area contributed by atoms with Crippen LogP contribution in [0.1, 0.15) is 35.9 Å². The van der Waals surface area contributed by atoms with Crippen LogP contribution in [0.3, 0.4) is 0 Å². The summed E-state index contributed by atoms with van der Waals surface area (Å²) in [5.41, 5.74) is 2.08. The number of esters is 1. The fraction of sp³-hybridized carbons (Fsp3) is 0.318. The predicted octanol–water partition coefficient (Wildman–Crippen LogP) is 4.27. The average Bonchev–Trinajstić information content (AvgIpc) is 2.99. The van der Waals surface area contributed by atoms with Gasteiger partial charge in [-0.25, -0.2) is 17.6 Å². The van der Waals surface area contributed by atoms with Crippen LogP contribution in [0.4, 0.5) is 10.1 Å². The van der Waals surface area contributed by atoms with Crippen LogP contribution in [0.5, 0.6) is 0 Å². The highest BCUT2D eigenvalue weighted by molar-refractivity contribution is 7.92. The lowest BCUT2D eigenvalue weighted by Gasteiger charge is -2.22. The van der Waals surface area contributed by atoms with Gasteiger partial charge in [-0.3, -0.25) is 4.31 Å². The number of furan rings is 1. The molecule has 7 nitrogen and oxygen atoms in total. The van der Waals surface area contributed by atoms with Gasteiger partial charge < -0.3 is 13.9 Å². The summed E-state index contributed by atoms with van der Waals surface area (Å²) < 4.78 is 56.5. The lowest BCUT2D eigenvalue weighted by atomic mass is 10.0. The number of rotatable bonds is 4. The number of hydrogen-bond acceptors (Lipinski definition) is 6. The zero-order chi connectivity index (χ0) is 22.3. The fourth-order valence-electron chi connectivity index (χ4n) is 3.77. The molecule has 4 rings (SSSR count). The number of hydrogen-bond donors (Lipinski definition) is 0. The molecule has 0 amide bonds. The smallest absolute Gasteiger partial charge is 0.342 e. The van der Waals surface area contributed by atoms with E-state index in [0.717, 1.165) is 6.26 Å². The van der Waals surface area contributed by atoms with E-state index >= 15 is 0 Å². The van der Waals surface area contributed by atoms with Crippen LogP contribution in [-0.2, 0) is 19.5 Å². The zero-order valence-electron chi connectivity index (χ0n) is 17.3. The van der Waals surface area contributed by atoms with Gasteiger partial charge in [0.2, 0.25) is 10.0 Å². The second kappa shape index (κ2) is 7.97. The SMILES string of the molecule is CCOC(=O)c1c(-c2ccc(F)cc2)oc2cc3c(cc12)C(C)OCCN3S(C)(=O)=O. The minimum absolute atomic E-state index is 0.165. The van der Waals surface area contributed by atoms with Crippen molar-refractivity contribution in [2.24, 2.45) is 0 Å². The molecule has 9 heteroatoms. The Morgan fingerprint density at radius 2 is 1.97 bits per heavy atom. The summed E-state index contributed by atoms with van der Waals surface area (Å²) in [6.45, 7) is 4.08. The van der Waals surface area contributed by atoms with Crippen molar-refractivity contribution in [2.75, 3.05) is 30.3 Å². The standard InChI is InChI=1S/C22H22FNO6S/c1-4-28-22(25)20-17-11-16-13(2)29-10-9-24(31(3,26)27)18(16)12-19(17)30-21(20)14-5-7-15(23)8-6-14/h5-8,11-13H,4,9-10H2,1-3H3. The highest BCUT2D eigenvalue weighted by atomic mass is 32.2. The molecular formula is C22H22FNO6S. The van der Waals surface area contributed by atoms with Crippen molar-refractivity contribution in [3.05, 3.63) is 53.3 Å². The number of ether oxygens (including phenoxy) is 2. The lowest BCUT2D eigenvalue weighted by molar-refractivity contribution is 0.0528. The number of carbonyl (C=O) groups is 1. The molecule has 1 aliphatic rings. The van der Waals surface area contributed by atoms with Crippen molar-refractivity contribution in [1.82, 2.24) is 0 Å². The number of benzene rings is 2. The third kappa shape index (κ3) is 3.90. The van der Waals surface area contributed by atoms with E-state index < -0.39 is 27.9 Å². The molecule has 0 N–H and O–H groups in total. The summed E-state index contributed by atoms with van der Waals surface area (Å²) in [6, 6.07) is 8.88.